The molecular weight excluding hydrogens is 336 g/mol. The Kier molecular flexibility index (Phi) is 4.40. The molecule has 3 aromatic rings. The van der Waals surface area contributed by atoms with E-state index in [0.717, 1.165) is 42.0 Å². The Morgan fingerprint density at radius 1 is 1.08 bits per heavy atom. The molecular formula is C18H18N4S2. The summed E-state index contributed by atoms with van der Waals surface area (Å²) in [4.78, 5) is 8.11. The topological polar surface area (TPSA) is 33.1 Å². The van der Waals surface area contributed by atoms with Crippen LogP contribution in [0.4, 0.5) is 5.95 Å². The van der Waals surface area contributed by atoms with E-state index in [-0.39, 0.29) is 0 Å². The first-order valence-corrected chi connectivity index (χ1v) is 9.41. The zero-order chi connectivity index (χ0) is 16.4. The Bertz CT molecular complexity index is 860. The van der Waals surface area contributed by atoms with Gasteiger partial charge in [-0.2, -0.15) is 0 Å². The third-order valence-electron chi connectivity index (χ3n) is 4.06. The van der Waals surface area contributed by atoms with Crippen LogP contribution >= 0.6 is 24.0 Å². The highest BCUT2D eigenvalue weighted by Crippen LogP contribution is 2.27. The van der Waals surface area contributed by atoms with Crippen LogP contribution in [0.25, 0.3) is 11.0 Å². The largest absolute Gasteiger partial charge is 0.361 e. The molecule has 0 unspecified atom stereocenters. The van der Waals surface area contributed by atoms with Crippen LogP contribution in [0.5, 0.6) is 0 Å². The van der Waals surface area contributed by atoms with Crippen molar-refractivity contribution in [2.24, 2.45) is 0 Å². The second-order valence-electron chi connectivity index (χ2n) is 5.60. The van der Waals surface area contributed by atoms with Gasteiger partial charge in [0.25, 0.3) is 0 Å². The van der Waals surface area contributed by atoms with E-state index in [1.807, 2.05) is 30.0 Å². The van der Waals surface area contributed by atoms with Gasteiger partial charge >= 0.3 is 0 Å². The molecule has 0 radical (unpaired) electrons. The molecule has 0 saturated carbocycles. The molecule has 24 heavy (non-hydrogen) atoms. The van der Waals surface area contributed by atoms with E-state index >= 15 is 0 Å². The zero-order valence-electron chi connectivity index (χ0n) is 13.2. The van der Waals surface area contributed by atoms with Gasteiger partial charge in [0.05, 0.1) is 11.0 Å². The first kappa shape index (κ1) is 15.5. The molecule has 0 aliphatic carbocycles. The molecule has 1 aliphatic rings. The monoisotopic (exact) mass is 354 g/mol. The Hall–Kier alpha value is -2.05. The summed E-state index contributed by atoms with van der Waals surface area (Å²) in [7, 11) is 0. The van der Waals surface area contributed by atoms with Crippen LogP contribution in [0, 0.1) is 0 Å². The molecule has 1 aliphatic heterocycles. The molecule has 1 N–H and O–H groups in total. The maximum absolute atomic E-state index is 5.58. The van der Waals surface area contributed by atoms with Gasteiger partial charge in [-0.1, -0.05) is 30.3 Å². The fourth-order valence-electron chi connectivity index (χ4n) is 2.92. The molecule has 2 aromatic carbocycles. The van der Waals surface area contributed by atoms with Crippen LogP contribution < -0.4 is 10.2 Å². The molecule has 6 heteroatoms. The molecule has 4 nitrogen and oxygen atoms in total. The minimum absolute atomic E-state index is 0.762. The van der Waals surface area contributed by atoms with Gasteiger partial charge in [-0.15, -0.1) is 11.8 Å². The Balaban J connectivity index is 1.36. The highest BCUT2D eigenvalue weighted by molar-refractivity contribution is 7.99. The van der Waals surface area contributed by atoms with Crippen molar-refractivity contribution in [1.29, 1.82) is 0 Å². The molecule has 4 rings (SSSR count). The van der Waals surface area contributed by atoms with Gasteiger partial charge in [0, 0.05) is 30.3 Å². The number of rotatable bonds is 4. The summed E-state index contributed by atoms with van der Waals surface area (Å²) in [5.74, 6) is 1.93. The maximum Gasteiger partial charge on any atom is 0.213 e. The molecule has 2 heterocycles. The van der Waals surface area contributed by atoms with Crippen molar-refractivity contribution in [2.45, 2.75) is 11.4 Å². The summed E-state index contributed by atoms with van der Waals surface area (Å²) in [5.41, 5.74) is 2.21. The Labute approximate surface area is 150 Å². The van der Waals surface area contributed by atoms with Crippen molar-refractivity contribution in [1.82, 2.24) is 14.9 Å². The quantitative estimate of drug-likeness (QED) is 0.440. The number of anilines is 1. The first-order valence-electron chi connectivity index (χ1n) is 8.01. The summed E-state index contributed by atoms with van der Waals surface area (Å²) in [5, 5.41) is 4.13. The Morgan fingerprint density at radius 2 is 1.88 bits per heavy atom. The number of aromatic nitrogens is 2. The van der Waals surface area contributed by atoms with Gasteiger partial charge < -0.3 is 9.88 Å². The normalized spacial score (nSPS) is 13.2. The third-order valence-corrected chi connectivity index (χ3v) is 5.44. The van der Waals surface area contributed by atoms with Crippen LogP contribution in [0.2, 0.25) is 0 Å². The number of thioether (sulfide) groups is 1. The van der Waals surface area contributed by atoms with E-state index in [1.54, 1.807) is 0 Å². The highest BCUT2D eigenvalue weighted by Gasteiger charge is 2.25. The lowest BCUT2D eigenvalue weighted by Crippen LogP contribution is -2.40. The van der Waals surface area contributed by atoms with Crippen molar-refractivity contribution >= 4 is 46.1 Å². The molecule has 0 saturated heterocycles. The van der Waals surface area contributed by atoms with Crippen molar-refractivity contribution in [3.63, 3.8) is 0 Å². The van der Waals surface area contributed by atoms with Crippen molar-refractivity contribution in [3.05, 3.63) is 54.6 Å². The lowest BCUT2D eigenvalue weighted by Gasteiger charge is -2.18. The molecule has 0 bridgehead atoms. The number of nitrogens with one attached hydrogen (secondary N) is 1. The number of hydrogen-bond acceptors (Lipinski definition) is 3. The number of nitrogens with zero attached hydrogens (tertiary/aromatic N) is 3. The SMILES string of the molecule is S=C(NCCSc1ccccc1)N1CCn2c1nc1ccccc12. The number of hydrogen-bond donors (Lipinski definition) is 1. The standard InChI is InChI=1S/C18H18N4S2/c23-18(19-10-13-24-14-6-2-1-3-7-14)22-12-11-21-16-9-5-4-8-15(16)20-17(21)22/h1-9H,10-13H2,(H,19,23). The molecule has 0 fully saturated rings. The van der Waals surface area contributed by atoms with E-state index in [2.05, 4.69) is 51.2 Å². The van der Waals surface area contributed by atoms with Crippen molar-refractivity contribution < 1.29 is 0 Å². The third kappa shape index (κ3) is 2.99. The van der Waals surface area contributed by atoms with Gasteiger partial charge in [0.15, 0.2) is 5.11 Å². The predicted octanol–water partition coefficient (Wildman–Crippen LogP) is 3.52. The summed E-state index contributed by atoms with van der Waals surface area (Å²) in [6.07, 6.45) is 0. The number of para-hydroxylation sites is 2. The van der Waals surface area contributed by atoms with Gasteiger partial charge in [0.1, 0.15) is 0 Å². The molecule has 0 spiro atoms. The molecule has 1 aromatic heterocycles. The van der Waals surface area contributed by atoms with Crippen LogP contribution in [0.15, 0.2) is 59.5 Å². The van der Waals surface area contributed by atoms with Gasteiger partial charge in [-0.05, 0) is 36.5 Å². The number of thiocarbonyl (C=S) groups is 1. The fourth-order valence-corrected chi connectivity index (χ4v) is 3.99. The van der Waals surface area contributed by atoms with E-state index in [0.29, 0.717) is 0 Å². The van der Waals surface area contributed by atoms with E-state index in [1.165, 1.54) is 10.4 Å². The summed E-state index contributed by atoms with van der Waals surface area (Å²) in [6.45, 7) is 2.65. The minimum atomic E-state index is 0.762. The van der Waals surface area contributed by atoms with E-state index in [9.17, 15) is 0 Å². The van der Waals surface area contributed by atoms with Gasteiger partial charge in [0.2, 0.25) is 5.95 Å². The predicted molar refractivity (Wildman–Crippen MR) is 105 cm³/mol. The first-order chi connectivity index (χ1) is 11.8. The lowest BCUT2D eigenvalue weighted by molar-refractivity contribution is 0.824. The summed E-state index contributed by atoms with van der Waals surface area (Å²) in [6, 6.07) is 18.7. The second-order valence-corrected chi connectivity index (χ2v) is 7.15. The second kappa shape index (κ2) is 6.83. The number of fused-ring (bicyclic) bond motifs is 3. The summed E-state index contributed by atoms with van der Waals surface area (Å²) < 4.78 is 2.24. The van der Waals surface area contributed by atoms with Crippen molar-refractivity contribution in [3.8, 4) is 0 Å². The van der Waals surface area contributed by atoms with E-state index < -0.39 is 0 Å². The maximum atomic E-state index is 5.58. The molecule has 0 atom stereocenters. The zero-order valence-corrected chi connectivity index (χ0v) is 14.8. The minimum Gasteiger partial charge on any atom is -0.361 e. The van der Waals surface area contributed by atoms with Crippen molar-refractivity contribution in [2.75, 3.05) is 23.7 Å². The van der Waals surface area contributed by atoms with Crippen LogP contribution in [-0.2, 0) is 6.54 Å². The fraction of sp³-hybridized carbons (Fsp3) is 0.222. The van der Waals surface area contributed by atoms with Crippen LogP contribution in [0.3, 0.4) is 0 Å². The van der Waals surface area contributed by atoms with Crippen LogP contribution in [-0.4, -0.2) is 33.5 Å². The summed E-state index contributed by atoms with van der Waals surface area (Å²) >= 11 is 7.41. The number of imidazole rings is 1. The van der Waals surface area contributed by atoms with Gasteiger partial charge in [-0.25, -0.2) is 4.98 Å². The van der Waals surface area contributed by atoms with Crippen LogP contribution in [0.1, 0.15) is 0 Å². The lowest BCUT2D eigenvalue weighted by atomic mass is 10.3. The van der Waals surface area contributed by atoms with E-state index in [4.69, 9.17) is 17.2 Å². The van der Waals surface area contributed by atoms with Gasteiger partial charge in [-0.3, -0.25) is 4.90 Å². The smallest absolute Gasteiger partial charge is 0.213 e. The molecule has 122 valence electrons. The number of benzene rings is 2. The average molecular weight is 355 g/mol. The highest BCUT2D eigenvalue weighted by atomic mass is 32.2. The Morgan fingerprint density at radius 3 is 2.75 bits per heavy atom. The molecule has 0 amide bonds. The average Bonchev–Trinajstić information content (AvgIpc) is 3.18.